The maximum atomic E-state index is 12.6. The van der Waals surface area contributed by atoms with Crippen LogP contribution in [0.4, 0.5) is 4.79 Å². The van der Waals surface area contributed by atoms with E-state index in [2.05, 4.69) is 34.1 Å². The number of carbonyl (C=O) groups excluding carboxylic acids is 3. The molecule has 1 aliphatic heterocycles. The minimum Gasteiger partial charge on any atom is -0.488 e. The Morgan fingerprint density at radius 3 is 2.67 bits per heavy atom. The molecule has 3 aromatic carbocycles. The number of amides is 2. The van der Waals surface area contributed by atoms with Crippen LogP contribution >= 0.6 is 27.7 Å². The molecule has 1 heterocycles. The fourth-order valence-electron chi connectivity index (χ4n) is 3.42. The van der Waals surface area contributed by atoms with Crippen molar-refractivity contribution in [2.45, 2.75) is 13.5 Å². The number of ether oxygens (including phenoxy) is 2. The molecule has 168 valence electrons. The molecule has 0 N–H and O–H groups in total. The maximum Gasteiger partial charge on any atom is 0.326 e. The molecule has 33 heavy (non-hydrogen) atoms. The number of benzene rings is 3. The van der Waals surface area contributed by atoms with Crippen molar-refractivity contribution >= 4 is 61.7 Å². The number of rotatable bonds is 7. The lowest BCUT2D eigenvalue weighted by Crippen LogP contribution is -2.34. The summed E-state index contributed by atoms with van der Waals surface area (Å²) in [5, 5.41) is 1.81. The first kappa shape index (κ1) is 23.1. The van der Waals surface area contributed by atoms with E-state index >= 15 is 0 Å². The van der Waals surface area contributed by atoms with Crippen LogP contribution < -0.4 is 4.74 Å². The van der Waals surface area contributed by atoms with E-state index in [9.17, 15) is 14.4 Å². The van der Waals surface area contributed by atoms with Gasteiger partial charge in [-0.3, -0.25) is 19.3 Å². The Balaban J connectivity index is 1.46. The normalized spacial score (nSPS) is 14.8. The van der Waals surface area contributed by atoms with Gasteiger partial charge in [-0.25, -0.2) is 0 Å². The lowest BCUT2D eigenvalue weighted by atomic mass is 10.1. The molecule has 0 spiro atoms. The molecule has 1 aliphatic rings. The van der Waals surface area contributed by atoms with E-state index in [1.807, 2.05) is 42.5 Å². The summed E-state index contributed by atoms with van der Waals surface area (Å²) in [5.41, 5.74) is 1.81. The van der Waals surface area contributed by atoms with Crippen LogP contribution in [0, 0.1) is 0 Å². The molecule has 0 unspecified atom stereocenters. The quantitative estimate of drug-likeness (QED) is 0.287. The Bertz CT molecular complexity index is 1270. The van der Waals surface area contributed by atoms with Crippen LogP contribution in [0.2, 0.25) is 0 Å². The van der Waals surface area contributed by atoms with E-state index in [4.69, 9.17) is 9.47 Å². The van der Waals surface area contributed by atoms with Crippen molar-refractivity contribution in [3.05, 3.63) is 81.2 Å². The van der Waals surface area contributed by atoms with E-state index in [0.717, 1.165) is 43.0 Å². The standard InChI is InChI=1S/C25H20BrNO5S/c1-2-31-23(28)14-27-24(29)22(33-25(27)30)13-16-10-11-21(20(26)12-16)32-15-18-8-5-7-17-6-3-4-9-19(17)18/h3-13H,2,14-15H2,1H3/b22-13+. The number of fused-ring (bicyclic) bond motifs is 1. The van der Waals surface area contributed by atoms with Crippen LogP contribution in [-0.2, 0) is 20.9 Å². The molecule has 0 saturated carbocycles. The zero-order valence-corrected chi connectivity index (χ0v) is 20.1. The smallest absolute Gasteiger partial charge is 0.326 e. The summed E-state index contributed by atoms with van der Waals surface area (Å²) in [7, 11) is 0. The summed E-state index contributed by atoms with van der Waals surface area (Å²) in [4.78, 5) is 37.5. The molecule has 0 radical (unpaired) electrons. The molecule has 6 nitrogen and oxygen atoms in total. The lowest BCUT2D eigenvalue weighted by molar-refractivity contribution is -0.145. The van der Waals surface area contributed by atoms with Gasteiger partial charge in [-0.15, -0.1) is 0 Å². The number of carbonyl (C=O) groups is 3. The predicted molar refractivity (Wildman–Crippen MR) is 132 cm³/mol. The first-order chi connectivity index (χ1) is 16.0. The maximum absolute atomic E-state index is 12.6. The van der Waals surface area contributed by atoms with Crippen molar-refractivity contribution in [3.8, 4) is 5.75 Å². The van der Waals surface area contributed by atoms with Gasteiger partial charge in [0.1, 0.15) is 18.9 Å². The van der Waals surface area contributed by atoms with Crippen molar-refractivity contribution in [1.29, 1.82) is 0 Å². The second-order valence-corrected chi connectivity index (χ2v) is 9.04. The Hall–Kier alpha value is -3.10. The summed E-state index contributed by atoms with van der Waals surface area (Å²) in [6.07, 6.45) is 1.62. The largest absolute Gasteiger partial charge is 0.488 e. The molecule has 0 aromatic heterocycles. The molecule has 2 amide bonds. The van der Waals surface area contributed by atoms with Gasteiger partial charge in [0.25, 0.3) is 11.1 Å². The first-order valence-electron chi connectivity index (χ1n) is 10.3. The van der Waals surface area contributed by atoms with Crippen LogP contribution in [0.1, 0.15) is 18.1 Å². The van der Waals surface area contributed by atoms with Crippen LogP contribution in [0.25, 0.3) is 16.8 Å². The second kappa shape index (κ2) is 10.2. The number of nitrogens with zero attached hydrogens (tertiary/aromatic N) is 1. The molecular weight excluding hydrogens is 506 g/mol. The third-order valence-electron chi connectivity index (χ3n) is 4.98. The third kappa shape index (κ3) is 5.29. The van der Waals surface area contributed by atoms with Gasteiger partial charge in [-0.05, 0) is 74.7 Å². The highest BCUT2D eigenvalue weighted by atomic mass is 79.9. The molecule has 0 bridgehead atoms. The predicted octanol–water partition coefficient (Wildman–Crippen LogP) is 5.78. The van der Waals surface area contributed by atoms with Crippen molar-refractivity contribution in [2.24, 2.45) is 0 Å². The van der Waals surface area contributed by atoms with Crippen molar-refractivity contribution in [1.82, 2.24) is 4.90 Å². The minimum absolute atomic E-state index is 0.188. The minimum atomic E-state index is -0.614. The average molecular weight is 526 g/mol. The van der Waals surface area contributed by atoms with Crippen molar-refractivity contribution < 1.29 is 23.9 Å². The Labute approximate surface area is 203 Å². The van der Waals surface area contributed by atoms with Gasteiger partial charge in [0, 0.05) is 0 Å². The number of thioether (sulfide) groups is 1. The van der Waals surface area contributed by atoms with Gasteiger partial charge in [0.05, 0.1) is 16.0 Å². The SMILES string of the molecule is CCOC(=O)CN1C(=O)S/C(=C/c2ccc(OCc3cccc4ccccc34)c(Br)c2)C1=O. The molecule has 8 heteroatoms. The lowest BCUT2D eigenvalue weighted by Gasteiger charge is -2.11. The summed E-state index contributed by atoms with van der Waals surface area (Å²) in [6.45, 7) is 1.87. The van der Waals surface area contributed by atoms with Crippen LogP contribution in [0.3, 0.4) is 0 Å². The van der Waals surface area contributed by atoms with Crippen LogP contribution in [0.15, 0.2) is 70.0 Å². The number of hydrogen-bond acceptors (Lipinski definition) is 6. The van der Waals surface area contributed by atoms with E-state index in [1.54, 1.807) is 13.0 Å². The third-order valence-corrected chi connectivity index (χ3v) is 6.51. The van der Waals surface area contributed by atoms with Crippen LogP contribution in [-0.4, -0.2) is 35.2 Å². The Kier molecular flexibility index (Phi) is 7.15. The average Bonchev–Trinajstić information content (AvgIpc) is 3.06. The van der Waals surface area contributed by atoms with Crippen molar-refractivity contribution in [2.75, 3.05) is 13.2 Å². The van der Waals surface area contributed by atoms with Gasteiger partial charge in [0.15, 0.2) is 0 Å². The number of halogens is 1. The summed E-state index contributed by atoms with van der Waals surface area (Å²) in [6, 6.07) is 19.7. The highest BCUT2D eigenvalue weighted by molar-refractivity contribution is 9.10. The summed E-state index contributed by atoms with van der Waals surface area (Å²) >= 11 is 4.32. The molecule has 1 saturated heterocycles. The zero-order valence-electron chi connectivity index (χ0n) is 17.7. The van der Waals surface area contributed by atoms with Gasteiger partial charge in [0.2, 0.25) is 0 Å². The molecule has 1 fully saturated rings. The fourth-order valence-corrected chi connectivity index (χ4v) is 4.77. The van der Waals surface area contributed by atoms with E-state index in [0.29, 0.717) is 12.4 Å². The molecule has 4 rings (SSSR count). The van der Waals surface area contributed by atoms with Crippen LogP contribution in [0.5, 0.6) is 5.75 Å². The molecular formula is C25H20BrNO5S. The van der Waals surface area contributed by atoms with Gasteiger partial charge in [-0.2, -0.15) is 0 Å². The number of hydrogen-bond donors (Lipinski definition) is 0. The molecule has 0 atom stereocenters. The van der Waals surface area contributed by atoms with E-state index in [-0.39, 0.29) is 18.1 Å². The molecule has 0 aliphatic carbocycles. The Morgan fingerprint density at radius 2 is 1.88 bits per heavy atom. The first-order valence-corrected chi connectivity index (χ1v) is 11.9. The highest BCUT2D eigenvalue weighted by Crippen LogP contribution is 2.34. The summed E-state index contributed by atoms with van der Waals surface area (Å²) in [5.74, 6) is -0.461. The number of imide groups is 1. The zero-order chi connectivity index (χ0) is 23.4. The Morgan fingerprint density at radius 1 is 1.09 bits per heavy atom. The van der Waals surface area contributed by atoms with Gasteiger partial charge < -0.3 is 9.47 Å². The monoisotopic (exact) mass is 525 g/mol. The fraction of sp³-hybridized carbons (Fsp3) is 0.160. The van der Waals surface area contributed by atoms with E-state index in [1.165, 1.54) is 0 Å². The second-order valence-electron chi connectivity index (χ2n) is 7.19. The van der Waals surface area contributed by atoms with Gasteiger partial charge >= 0.3 is 5.97 Å². The topological polar surface area (TPSA) is 72.9 Å². The van der Waals surface area contributed by atoms with E-state index < -0.39 is 17.1 Å². The number of esters is 1. The van der Waals surface area contributed by atoms with Gasteiger partial charge in [-0.1, -0.05) is 48.5 Å². The molecule has 3 aromatic rings. The summed E-state index contributed by atoms with van der Waals surface area (Å²) < 4.78 is 11.6. The highest BCUT2D eigenvalue weighted by Gasteiger charge is 2.36. The van der Waals surface area contributed by atoms with Crippen molar-refractivity contribution in [3.63, 3.8) is 0 Å².